The first-order valence-corrected chi connectivity index (χ1v) is 7.05. The first kappa shape index (κ1) is 14.8. The van der Waals surface area contributed by atoms with E-state index in [9.17, 15) is 14.4 Å². The maximum atomic E-state index is 12.4. The van der Waals surface area contributed by atoms with Gasteiger partial charge in [-0.2, -0.15) is 0 Å². The number of benzene rings is 2. The number of nitrogens with one attached hydrogen (secondary N) is 1. The van der Waals surface area contributed by atoms with E-state index < -0.39 is 23.9 Å². The summed E-state index contributed by atoms with van der Waals surface area (Å²) in [5.41, 5.74) is 6.99. The molecule has 2 amide bonds. The number of cyclic esters (lactones) is 1. The van der Waals surface area contributed by atoms with E-state index in [2.05, 4.69) is 5.32 Å². The van der Waals surface area contributed by atoms with Gasteiger partial charge in [0, 0.05) is 6.42 Å². The van der Waals surface area contributed by atoms with Crippen LogP contribution in [0.2, 0.25) is 0 Å². The molecule has 2 aromatic rings. The lowest BCUT2D eigenvalue weighted by Gasteiger charge is -2.24. The van der Waals surface area contributed by atoms with E-state index in [0.29, 0.717) is 11.3 Å². The summed E-state index contributed by atoms with van der Waals surface area (Å²) in [6.45, 7) is 0. The molecular formula is C17H14N2O4. The summed E-state index contributed by atoms with van der Waals surface area (Å²) >= 11 is 0. The van der Waals surface area contributed by atoms with E-state index >= 15 is 0 Å². The van der Waals surface area contributed by atoms with Crippen LogP contribution in [0, 0.1) is 0 Å². The topological polar surface area (TPSA) is 98.5 Å². The molecule has 1 heterocycles. The van der Waals surface area contributed by atoms with Crippen LogP contribution in [0.4, 0.5) is 5.69 Å². The number of rotatable bonds is 3. The van der Waals surface area contributed by atoms with Gasteiger partial charge in [-0.1, -0.05) is 30.3 Å². The Morgan fingerprint density at radius 2 is 1.78 bits per heavy atom. The maximum absolute atomic E-state index is 12.4. The molecule has 3 rings (SSSR count). The molecule has 116 valence electrons. The first-order valence-electron chi connectivity index (χ1n) is 7.05. The van der Waals surface area contributed by atoms with E-state index in [-0.39, 0.29) is 12.0 Å². The number of ether oxygens (including phenoxy) is 1. The van der Waals surface area contributed by atoms with Crippen molar-refractivity contribution in [1.82, 2.24) is 0 Å². The summed E-state index contributed by atoms with van der Waals surface area (Å²) < 4.78 is 5.18. The van der Waals surface area contributed by atoms with Crippen LogP contribution in [0.5, 0.6) is 0 Å². The summed E-state index contributed by atoms with van der Waals surface area (Å²) in [5.74, 6) is -1.68. The third-order valence-corrected chi connectivity index (χ3v) is 3.63. The van der Waals surface area contributed by atoms with Crippen molar-refractivity contribution >= 4 is 23.5 Å². The van der Waals surface area contributed by atoms with Crippen LogP contribution >= 0.6 is 0 Å². The quantitative estimate of drug-likeness (QED) is 0.839. The molecule has 0 aliphatic carbocycles. The van der Waals surface area contributed by atoms with Crippen LogP contribution in [-0.2, 0) is 16.0 Å². The highest BCUT2D eigenvalue weighted by atomic mass is 16.5. The molecular weight excluding hydrogens is 296 g/mol. The van der Waals surface area contributed by atoms with Gasteiger partial charge in [-0.3, -0.25) is 9.59 Å². The first-order chi connectivity index (χ1) is 11.1. The number of primary amides is 1. The van der Waals surface area contributed by atoms with E-state index in [1.54, 1.807) is 42.5 Å². The molecule has 0 saturated carbocycles. The lowest BCUT2D eigenvalue weighted by Crippen LogP contribution is -2.38. The molecule has 6 nitrogen and oxygen atoms in total. The summed E-state index contributed by atoms with van der Waals surface area (Å²) in [6, 6.07) is 13.4. The van der Waals surface area contributed by atoms with Gasteiger partial charge in [0.15, 0.2) is 6.10 Å². The summed E-state index contributed by atoms with van der Waals surface area (Å²) in [4.78, 5) is 35.7. The molecule has 1 unspecified atom stereocenters. The van der Waals surface area contributed by atoms with E-state index in [0.717, 1.165) is 5.56 Å². The van der Waals surface area contributed by atoms with E-state index in [4.69, 9.17) is 10.5 Å². The molecule has 1 aliphatic rings. The van der Waals surface area contributed by atoms with Gasteiger partial charge < -0.3 is 15.8 Å². The number of anilines is 1. The second kappa shape index (κ2) is 5.92. The summed E-state index contributed by atoms with van der Waals surface area (Å²) in [6.07, 6.45) is -0.662. The van der Waals surface area contributed by atoms with Gasteiger partial charge in [-0.05, 0) is 23.8 Å². The number of nitrogens with two attached hydrogens (primary N) is 1. The van der Waals surface area contributed by atoms with Crippen LogP contribution in [0.25, 0.3) is 0 Å². The molecule has 0 bridgehead atoms. The number of carbonyl (C=O) groups excluding carboxylic acids is 3. The molecule has 1 atom stereocenters. The highest BCUT2D eigenvalue weighted by molar-refractivity contribution is 6.05. The van der Waals surface area contributed by atoms with Crippen molar-refractivity contribution in [3.8, 4) is 0 Å². The average molecular weight is 310 g/mol. The van der Waals surface area contributed by atoms with Crippen LogP contribution in [0.1, 0.15) is 26.3 Å². The van der Waals surface area contributed by atoms with E-state index in [1.807, 2.05) is 0 Å². The molecule has 2 aromatic carbocycles. The Labute approximate surface area is 132 Å². The Hall–Kier alpha value is -3.15. The van der Waals surface area contributed by atoms with Crippen molar-refractivity contribution in [1.29, 1.82) is 0 Å². The van der Waals surface area contributed by atoms with Gasteiger partial charge in [0.2, 0.25) is 0 Å². The van der Waals surface area contributed by atoms with Gasteiger partial charge in [0.05, 0.1) is 16.8 Å². The van der Waals surface area contributed by atoms with Gasteiger partial charge in [-0.25, -0.2) is 4.79 Å². The minimum atomic E-state index is -0.946. The van der Waals surface area contributed by atoms with Crippen molar-refractivity contribution in [2.45, 2.75) is 12.5 Å². The lowest BCUT2D eigenvalue weighted by atomic mass is 9.98. The van der Waals surface area contributed by atoms with Gasteiger partial charge in [0.25, 0.3) is 11.8 Å². The van der Waals surface area contributed by atoms with Crippen molar-refractivity contribution < 1.29 is 19.1 Å². The second-order valence-electron chi connectivity index (χ2n) is 5.15. The third kappa shape index (κ3) is 2.91. The Kier molecular flexibility index (Phi) is 3.80. The number of para-hydroxylation sites is 1. The van der Waals surface area contributed by atoms with Gasteiger partial charge >= 0.3 is 5.97 Å². The fourth-order valence-corrected chi connectivity index (χ4v) is 2.50. The zero-order valence-electron chi connectivity index (χ0n) is 12.1. The smallest absolute Gasteiger partial charge is 0.339 e. The van der Waals surface area contributed by atoms with Crippen molar-refractivity contribution in [3.63, 3.8) is 0 Å². The molecule has 0 spiro atoms. The maximum Gasteiger partial charge on any atom is 0.339 e. The normalized spacial score (nSPS) is 16.2. The average Bonchev–Trinajstić information content (AvgIpc) is 2.55. The second-order valence-corrected chi connectivity index (χ2v) is 5.15. The standard InChI is InChI=1S/C17H14N2O4/c18-15(20)12-7-3-4-8-13(12)19-16(21)14-9-10-5-1-2-6-11(10)17(22)23-14/h1-8,14H,9H2,(H2,18,20)(H,19,21). The zero-order valence-corrected chi connectivity index (χ0v) is 12.1. The fourth-order valence-electron chi connectivity index (χ4n) is 2.50. The predicted octanol–water partition coefficient (Wildman–Crippen LogP) is 1.51. The van der Waals surface area contributed by atoms with Crippen LogP contribution < -0.4 is 11.1 Å². The molecule has 3 N–H and O–H groups in total. The predicted molar refractivity (Wildman–Crippen MR) is 82.9 cm³/mol. The third-order valence-electron chi connectivity index (χ3n) is 3.63. The summed E-state index contributed by atoms with van der Waals surface area (Å²) in [7, 11) is 0. The molecule has 0 fully saturated rings. The van der Waals surface area contributed by atoms with Gasteiger partial charge in [-0.15, -0.1) is 0 Å². The zero-order chi connectivity index (χ0) is 16.4. The monoisotopic (exact) mass is 310 g/mol. The minimum Gasteiger partial charge on any atom is -0.448 e. The number of amides is 2. The lowest BCUT2D eigenvalue weighted by molar-refractivity contribution is -0.125. The highest BCUT2D eigenvalue weighted by Gasteiger charge is 2.31. The highest BCUT2D eigenvalue weighted by Crippen LogP contribution is 2.22. The SMILES string of the molecule is NC(=O)c1ccccc1NC(=O)C1Cc2ccccc2C(=O)O1. The van der Waals surface area contributed by atoms with Crippen molar-refractivity contribution in [2.24, 2.45) is 5.73 Å². The molecule has 0 radical (unpaired) electrons. The molecule has 1 aliphatic heterocycles. The van der Waals surface area contributed by atoms with E-state index in [1.165, 1.54) is 6.07 Å². The number of esters is 1. The Balaban J connectivity index is 1.81. The molecule has 0 aromatic heterocycles. The summed E-state index contributed by atoms with van der Waals surface area (Å²) in [5, 5.41) is 2.60. The number of hydrogen-bond donors (Lipinski definition) is 2. The molecule has 0 saturated heterocycles. The fraction of sp³-hybridized carbons (Fsp3) is 0.118. The Morgan fingerprint density at radius 3 is 2.57 bits per heavy atom. The largest absolute Gasteiger partial charge is 0.448 e. The van der Waals surface area contributed by atoms with Crippen LogP contribution in [0.3, 0.4) is 0 Å². The Bertz CT molecular complexity index is 801. The number of hydrogen-bond acceptors (Lipinski definition) is 4. The van der Waals surface area contributed by atoms with Crippen molar-refractivity contribution in [2.75, 3.05) is 5.32 Å². The van der Waals surface area contributed by atoms with Gasteiger partial charge in [0.1, 0.15) is 0 Å². The van der Waals surface area contributed by atoms with Crippen molar-refractivity contribution in [3.05, 3.63) is 65.2 Å². The molecule has 23 heavy (non-hydrogen) atoms. The molecule has 6 heteroatoms. The van der Waals surface area contributed by atoms with Crippen LogP contribution in [-0.4, -0.2) is 23.9 Å². The Morgan fingerprint density at radius 1 is 1.09 bits per heavy atom. The number of fused-ring (bicyclic) bond motifs is 1. The minimum absolute atomic E-state index is 0.198. The van der Waals surface area contributed by atoms with Crippen LogP contribution in [0.15, 0.2) is 48.5 Å². The number of carbonyl (C=O) groups is 3.